The van der Waals surface area contributed by atoms with Gasteiger partial charge in [-0.05, 0) is 30.5 Å². The molecule has 0 saturated heterocycles. The van der Waals surface area contributed by atoms with Crippen molar-refractivity contribution >= 4 is 31.4 Å². The molecule has 0 radical (unpaired) electrons. The highest BCUT2D eigenvalue weighted by Crippen LogP contribution is 2.31. The van der Waals surface area contributed by atoms with E-state index in [0.29, 0.717) is 10.2 Å². The molecule has 3 rings (SSSR count). The molecule has 0 aliphatic heterocycles. The zero-order valence-electron chi connectivity index (χ0n) is 12.3. The summed E-state index contributed by atoms with van der Waals surface area (Å²) < 4.78 is 23.1. The highest BCUT2D eigenvalue weighted by atomic mass is 32.2. The van der Waals surface area contributed by atoms with Gasteiger partial charge in [0.15, 0.2) is 0 Å². The van der Waals surface area contributed by atoms with Crippen molar-refractivity contribution in [3.8, 4) is 11.1 Å². The summed E-state index contributed by atoms with van der Waals surface area (Å²) in [5.74, 6) is 0. The van der Waals surface area contributed by atoms with Gasteiger partial charge in [0.25, 0.3) is 5.56 Å². The van der Waals surface area contributed by atoms with Crippen molar-refractivity contribution in [2.45, 2.75) is 19.0 Å². The molecule has 0 aliphatic carbocycles. The Kier molecular flexibility index (Phi) is 3.41. The first-order chi connectivity index (χ1) is 10.3. The van der Waals surface area contributed by atoms with Gasteiger partial charge >= 0.3 is 0 Å². The number of hydrogen-bond donors (Lipinski definition) is 1. The van der Waals surface area contributed by atoms with Crippen LogP contribution in [0.5, 0.6) is 0 Å². The van der Waals surface area contributed by atoms with E-state index in [1.165, 1.54) is 16.9 Å². The Morgan fingerprint density at radius 2 is 1.91 bits per heavy atom. The first kappa shape index (κ1) is 14.9. The zero-order valence-corrected chi connectivity index (χ0v) is 13.9. The number of nitrogens with one attached hydrogen (secondary N) is 1. The average Bonchev–Trinajstić information content (AvgIpc) is 2.85. The molecule has 0 unspecified atom stereocenters. The zero-order chi connectivity index (χ0) is 16.1. The molecule has 1 N–H and O–H groups in total. The van der Waals surface area contributed by atoms with Gasteiger partial charge < -0.3 is 0 Å². The monoisotopic (exact) mass is 334 g/mol. The lowest BCUT2D eigenvalue weighted by Gasteiger charge is -2.04. The molecular weight excluding hydrogens is 320 g/mol. The van der Waals surface area contributed by atoms with E-state index < -0.39 is 15.4 Å². The van der Waals surface area contributed by atoms with E-state index in [4.69, 9.17) is 0 Å². The fourth-order valence-electron chi connectivity index (χ4n) is 2.23. The summed E-state index contributed by atoms with van der Waals surface area (Å²) in [5, 5.41) is 1.97. The van der Waals surface area contributed by atoms with Gasteiger partial charge in [-0.1, -0.05) is 18.2 Å². The Labute approximate surface area is 131 Å². The maximum atomic E-state index is 12.3. The molecule has 7 heteroatoms. The van der Waals surface area contributed by atoms with Gasteiger partial charge in [0.05, 0.1) is 5.39 Å². The van der Waals surface area contributed by atoms with Crippen LogP contribution in [0, 0.1) is 13.8 Å². The summed E-state index contributed by atoms with van der Waals surface area (Å²) >= 11 is 1.27. The lowest BCUT2D eigenvalue weighted by Crippen LogP contribution is -2.14. The van der Waals surface area contributed by atoms with E-state index >= 15 is 0 Å². The minimum Gasteiger partial charge on any atom is -0.297 e. The molecule has 0 spiro atoms. The second kappa shape index (κ2) is 5.03. The Hall–Kier alpha value is -1.99. The van der Waals surface area contributed by atoms with Gasteiger partial charge in [0.2, 0.25) is 15.0 Å². The second-order valence-corrected chi connectivity index (χ2v) is 8.06. The fraction of sp³-hybridized carbons (Fsp3) is 0.200. The molecule has 0 fully saturated rings. The smallest absolute Gasteiger partial charge is 0.261 e. The lowest BCUT2D eigenvalue weighted by atomic mass is 10.0. The number of thiophene rings is 1. The van der Waals surface area contributed by atoms with Crippen LogP contribution in [0.4, 0.5) is 0 Å². The van der Waals surface area contributed by atoms with Crippen LogP contribution < -0.4 is 5.56 Å². The topological polar surface area (TPSA) is 79.9 Å². The van der Waals surface area contributed by atoms with Gasteiger partial charge in [-0.25, -0.2) is 13.4 Å². The molecule has 1 aromatic carbocycles. The molecular formula is C15H14N2O3S2. The fourth-order valence-corrected chi connectivity index (χ4v) is 3.77. The van der Waals surface area contributed by atoms with Crippen LogP contribution >= 0.6 is 11.3 Å². The first-order valence-corrected chi connectivity index (χ1v) is 9.33. The molecule has 0 saturated carbocycles. The maximum Gasteiger partial charge on any atom is 0.261 e. The van der Waals surface area contributed by atoms with Crippen LogP contribution in [-0.4, -0.2) is 24.6 Å². The van der Waals surface area contributed by atoms with E-state index in [1.54, 1.807) is 0 Å². The van der Waals surface area contributed by atoms with Crippen LogP contribution in [0.15, 0.2) is 33.5 Å². The van der Waals surface area contributed by atoms with Crippen molar-refractivity contribution in [2.24, 2.45) is 0 Å². The number of nitrogens with zero attached hydrogens (tertiary/aromatic N) is 1. The van der Waals surface area contributed by atoms with Crippen molar-refractivity contribution in [1.82, 2.24) is 9.97 Å². The molecule has 0 aliphatic rings. The van der Waals surface area contributed by atoms with Crippen molar-refractivity contribution in [2.75, 3.05) is 6.26 Å². The summed E-state index contributed by atoms with van der Waals surface area (Å²) in [6, 6.07) is 5.97. The Morgan fingerprint density at radius 3 is 2.55 bits per heavy atom. The van der Waals surface area contributed by atoms with E-state index in [1.807, 2.05) is 37.4 Å². The van der Waals surface area contributed by atoms with Crippen molar-refractivity contribution in [3.63, 3.8) is 0 Å². The van der Waals surface area contributed by atoms with E-state index in [0.717, 1.165) is 22.9 Å². The quantitative estimate of drug-likeness (QED) is 0.731. The SMILES string of the molecule is Cc1ccc(-c2csc3nc(S(C)(=O)=O)[nH]c(=O)c23)cc1C. The molecule has 5 nitrogen and oxygen atoms in total. The number of rotatable bonds is 2. The summed E-state index contributed by atoms with van der Waals surface area (Å²) in [4.78, 5) is 19.2. The molecule has 0 amide bonds. The summed E-state index contributed by atoms with van der Waals surface area (Å²) in [6.45, 7) is 4.04. The van der Waals surface area contributed by atoms with Crippen LogP contribution in [-0.2, 0) is 9.84 Å². The summed E-state index contributed by atoms with van der Waals surface area (Å²) in [5.41, 5.74) is 3.58. The van der Waals surface area contributed by atoms with Crippen molar-refractivity contribution in [1.29, 1.82) is 0 Å². The second-order valence-electron chi connectivity index (χ2n) is 5.27. The Morgan fingerprint density at radius 1 is 1.18 bits per heavy atom. The number of fused-ring (bicyclic) bond motifs is 1. The summed E-state index contributed by atoms with van der Waals surface area (Å²) in [7, 11) is -3.54. The summed E-state index contributed by atoms with van der Waals surface area (Å²) in [6.07, 6.45) is 1.02. The van der Waals surface area contributed by atoms with Crippen LogP contribution in [0.3, 0.4) is 0 Å². The minimum absolute atomic E-state index is 0.293. The molecule has 22 heavy (non-hydrogen) atoms. The highest BCUT2D eigenvalue weighted by molar-refractivity contribution is 7.90. The number of aromatic amines is 1. The Bertz CT molecular complexity index is 1050. The van der Waals surface area contributed by atoms with Gasteiger partial charge in [0.1, 0.15) is 4.83 Å². The molecule has 2 aromatic heterocycles. The molecule has 2 heterocycles. The number of sulfone groups is 1. The number of hydrogen-bond acceptors (Lipinski definition) is 5. The standard InChI is InChI=1S/C15H14N2O3S2/c1-8-4-5-10(6-9(8)2)11-7-21-14-12(11)13(18)16-15(17-14)22(3,19)20/h4-7H,1-3H3,(H,16,17,18). The van der Waals surface area contributed by atoms with E-state index in [2.05, 4.69) is 9.97 Å². The molecule has 3 aromatic rings. The van der Waals surface area contributed by atoms with E-state index in [9.17, 15) is 13.2 Å². The highest BCUT2D eigenvalue weighted by Gasteiger charge is 2.17. The number of H-pyrrole nitrogens is 1. The predicted octanol–water partition coefficient (Wildman–Crippen LogP) is 2.67. The van der Waals surface area contributed by atoms with Crippen LogP contribution in [0.2, 0.25) is 0 Å². The third-order valence-corrected chi connectivity index (χ3v) is 5.36. The lowest BCUT2D eigenvalue weighted by molar-refractivity contribution is 0.593. The third-order valence-electron chi connectivity index (χ3n) is 3.59. The van der Waals surface area contributed by atoms with Crippen LogP contribution in [0.25, 0.3) is 21.3 Å². The normalized spacial score (nSPS) is 12.0. The number of benzene rings is 1. The van der Waals surface area contributed by atoms with Crippen LogP contribution in [0.1, 0.15) is 11.1 Å². The predicted molar refractivity (Wildman–Crippen MR) is 88.3 cm³/mol. The average molecular weight is 334 g/mol. The first-order valence-electron chi connectivity index (χ1n) is 6.56. The molecule has 0 atom stereocenters. The van der Waals surface area contributed by atoms with Crippen molar-refractivity contribution < 1.29 is 8.42 Å². The van der Waals surface area contributed by atoms with Gasteiger partial charge in [-0.3, -0.25) is 9.78 Å². The Balaban J connectivity index is 2.29. The third kappa shape index (κ3) is 2.46. The van der Waals surface area contributed by atoms with Crippen molar-refractivity contribution in [3.05, 3.63) is 45.1 Å². The van der Waals surface area contributed by atoms with Gasteiger partial charge in [-0.15, -0.1) is 11.3 Å². The number of aromatic nitrogens is 2. The van der Waals surface area contributed by atoms with Gasteiger partial charge in [-0.2, -0.15) is 0 Å². The van der Waals surface area contributed by atoms with Gasteiger partial charge in [0, 0.05) is 17.2 Å². The largest absolute Gasteiger partial charge is 0.297 e. The number of aryl methyl sites for hydroxylation is 2. The molecule has 114 valence electrons. The van der Waals surface area contributed by atoms with E-state index in [-0.39, 0.29) is 5.16 Å². The maximum absolute atomic E-state index is 12.3. The minimum atomic E-state index is -3.54. The molecule has 0 bridgehead atoms.